The zero-order valence-electron chi connectivity index (χ0n) is 16.4. The summed E-state index contributed by atoms with van der Waals surface area (Å²) >= 11 is 0. The first-order valence-electron chi connectivity index (χ1n) is 9.51. The SMILES string of the molecule is COc1ccc(C(NC(=O)C2Cc3ccccc3O2)c2ccc(OC)cc2)cc1. The first-order chi connectivity index (χ1) is 14.2. The molecule has 1 N–H and O–H groups in total. The van der Waals surface area contributed by atoms with Crippen LogP contribution in [0.15, 0.2) is 72.8 Å². The molecule has 1 aliphatic heterocycles. The monoisotopic (exact) mass is 389 g/mol. The molecule has 0 saturated carbocycles. The molecule has 1 aliphatic rings. The lowest BCUT2D eigenvalue weighted by molar-refractivity contribution is -0.127. The van der Waals surface area contributed by atoms with E-state index >= 15 is 0 Å². The first-order valence-corrected chi connectivity index (χ1v) is 9.51. The number of carbonyl (C=O) groups excluding carboxylic acids is 1. The maximum Gasteiger partial charge on any atom is 0.262 e. The van der Waals surface area contributed by atoms with Gasteiger partial charge < -0.3 is 19.5 Å². The number of nitrogens with one attached hydrogen (secondary N) is 1. The van der Waals surface area contributed by atoms with Crippen LogP contribution in [0.5, 0.6) is 17.2 Å². The molecule has 1 atom stereocenters. The number of fused-ring (bicyclic) bond motifs is 1. The topological polar surface area (TPSA) is 56.8 Å². The molecular weight excluding hydrogens is 366 g/mol. The van der Waals surface area contributed by atoms with Crippen molar-refractivity contribution in [2.24, 2.45) is 0 Å². The second-order valence-corrected chi connectivity index (χ2v) is 6.91. The molecule has 1 unspecified atom stereocenters. The van der Waals surface area contributed by atoms with Gasteiger partial charge in [0, 0.05) is 6.42 Å². The Bertz CT molecular complexity index is 910. The van der Waals surface area contributed by atoms with Gasteiger partial charge in [0.15, 0.2) is 6.10 Å². The van der Waals surface area contributed by atoms with Gasteiger partial charge in [-0.3, -0.25) is 4.79 Å². The van der Waals surface area contributed by atoms with Crippen LogP contribution in [0.2, 0.25) is 0 Å². The molecule has 0 aromatic heterocycles. The van der Waals surface area contributed by atoms with Crippen LogP contribution in [0.1, 0.15) is 22.7 Å². The summed E-state index contributed by atoms with van der Waals surface area (Å²) in [5.41, 5.74) is 2.97. The van der Waals surface area contributed by atoms with Crippen molar-refractivity contribution in [3.8, 4) is 17.2 Å². The Hall–Kier alpha value is -3.47. The quantitative estimate of drug-likeness (QED) is 0.694. The van der Waals surface area contributed by atoms with Crippen LogP contribution < -0.4 is 19.5 Å². The number of carbonyl (C=O) groups is 1. The smallest absolute Gasteiger partial charge is 0.262 e. The molecular formula is C24H23NO4. The van der Waals surface area contributed by atoms with Gasteiger partial charge in [0.1, 0.15) is 17.2 Å². The molecule has 0 saturated heterocycles. The fourth-order valence-corrected chi connectivity index (χ4v) is 3.52. The van der Waals surface area contributed by atoms with Crippen molar-refractivity contribution >= 4 is 5.91 Å². The number of rotatable bonds is 6. The molecule has 4 rings (SSSR count). The summed E-state index contributed by atoms with van der Waals surface area (Å²) in [6.07, 6.45) is 0.0337. The summed E-state index contributed by atoms with van der Waals surface area (Å²) in [5, 5.41) is 3.16. The molecule has 0 radical (unpaired) electrons. The number of benzene rings is 3. The Morgan fingerprint density at radius 3 is 1.97 bits per heavy atom. The maximum atomic E-state index is 13.0. The van der Waals surface area contributed by atoms with E-state index < -0.39 is 6.10 Å². The normalized spacial score (nSPS) is 14.8. The van der Waals surface area contributed by atoms with Crippen LogP contribution in [0.3, 0.4) is 0 Å². The minimum atomic E-state index is -0.536. The molecule has 0 fully saturated rings. The average Bonchev–Trinajstić information content (AvgIpc) is 3.22. The van der Waals surface area contributed by atoms with E-state index in [1.54, 1.807) is 14.2 Å². The summed E-state index contributed by atoms with van der Waals surface area (Å²) in [6, 6.07) is 22.8. The highest BCUT2D eigenvalue weighted by atomic mass is 16.5. The van der Waals surface area contributed by atoms with Crippen LogP contribution in [0.25, 0.3) is 0 Å². The third-order valence-electron chi connectivity index (χ3n) is 5.12. The highest BCUT2D eigenvalue weighted by Crippen LogP contribution is 2.30. The Morgan fingerprint density at radius 2 is 1.45 bits per heavy atom. The lowest BCUT2D eigenvalue weighted by atomic mass is 9.97. The number of hydrogen-bond acceptors (Lipinski definition) is 4. The van der Waals surface area contributed by atoms with Gasteiger partial charge in [0.25, 0.3) is 5.91 Å². The van der Waals surface area contributed by atoms with Crippen LogP contribution in [0.4, 0.5) is 0 Å². The summed E-state index contributed by atoms with van der Waals surface area (Å²) in [5.74, 6) is 2.17. The predicted octanol–water partition coefficient (Wildman–Crippen LogP) is 3.91. The lowest BCUT2D eigenvalue weighted by Gasteiger charge is -2.22. The van der Waals surface area contributed by atoms with Crippen molar-refractivity contribution in [1.29, 1.82) is 0 Å². The van der Waals surface area contributed by atoms with Crippen molar-refractivity contribution < 1.29 is 19.0 Å². The van der Waals surface area contributed by atoms with E-state index in [-0.39, 0.29) is 11.9 Å². The highest BCUT2D eigenvalue weighted by Gasteiger charge is 2.30. The number of hydrogen-bond donors (Lipinski definition) is 1. The van der Waals surface area contributed by atoms with E-state index in [0.717, 1.165) is 33.9 Å². The summed E-state index contributed by atoms with van der Waals surface area (Å²) in [4.78, 5) is 13.0. The molecule has 5 heteroatoms. The number of amides is 1. The lowest BCUT2D eigenvalue weighted by Crippen LogP contribution is -2.40. The van der Waals surface area contributed by atoms with Crippen molar-refractivity contribution in [3.63, 3.8) is 0 Å². The van der Waals surface area contributed by atoms with Gasteiger partial charge in [-0.15, -0.1) is 0 Å². The first kappa shape index (κ1) is 18.9. The Morgan fingerprint density at radius 1 is 0.897 bits per heavy atom. The van der Waals surface area contributed by atoms with Gasteiger partial charge in [0.05, 0.1) is 20.3 Å². The molecule has 5 nitrogen and oxygen atoms in total. The zero-order valence-corrected chi connectivity index (χ0v) is 16.4. The second-order valence-electron chi connectivity index (χ2n) is 6.91. The summed E-state index contributed by atoms with van der Waals surface area (Å²) in [6.45, 7) is 0. The maximum absolute atomic E-state index is 13.0. The fourth-order valence-electron chi connectivity index (χ4n) is 3.52. The molecule has 29 heavy (non-hydrogen) atoms. The molecule has 0 bridgehead atoms. The number of para-hydroxylation sites is 1. The molecule has 1 amide bonds. The minimum absolute atomic E-state index is 0.141. The number of ether oxygens (including phenoxy) is 3. The van der Waals surface area contributed by atoms with Crippen molar-refractivity contribution in [1.82, 2.24) is 5.32 Å². The largest absolute Gasteiger partial charge is 0.497 e. The van der Waals surface area contributed by atoms with Crippen LogP contribution in [0, 0.1) is 0 Å². The Labute approximate surface area is 170 Å². The van der Waals surface area contributed by atoms with Crippen molar-refractivity contribution in [2.75, 3.05) is 14.2 Å². The third-order valence-corrected chi connectivity index (χ3v) is 5.12. The Balaban J connectivity index is 1.58. The van der Waals surface area contributed by atoms with E-state index in [4.69, 9.17) is 14.2 Å². The summed E-state index contributed by atoms with van der Waals surface area (Å²) < 4.78 is 16.4. The average molecular weight is 389 g/mol. The molecule has 3 aromatic carbocycles. The summed E-state index contributed by atoms with van der Waals surface area (Å²) in [7, 11) is 3.26. The zero-order chi connectivity index (χ0) is 20.2. The highest BCUT2D eigenvalue weighted by molar-refractivity contribution is 5.83. The van der Waals surface area contributed by atoms with E-state index in [9.17, 15) is 4.79 Å². The Kier molecular flexibility index (Phi) is 5.38. The van der Waals surface area contributed by atoms with Gasteiger partial charge >= 0.3 is 0 Å². The van der Waals surface area contributed by atoms with Crippen molar-refractivity contribution in [3.05, 3.63) is 89.5 Å². The van der Waals surface area contributed by atoms with Crippen LogP contribution in [-0.4, -0.2) is 26.2 Å². The van der Waals surface area contributed by atoms with Gasteiger partial charge in [-0.1, -0.05) is 42.5 Å². The van der Waals surface area contributed by atoms with Crippen LogP contribution >= 0.6 is 0 Å². The molecule has 0 aliphatic carbocycles. The third kappa shape index (κ3) is 4.04. The van der Waals surface area contributed by atoms with Gasteiger partial charge in [-0.2, -0.15) is 0 Å². The second kappa shape index (κ2) is 8.27. The van der Waals surface area contributed by atoms with Gasteiger partial charge in [0.2, 0.25) is 0 Å². The predicted molar refractivity (Wildman–Crippen MR) is 111 cm³/mol. The van der Waals surface area contributed by atoms with Gasteiger partial charge in [-0.05, 0) is 47.0 Å². The van der Waals surface area contributed by atoms with E-state index in [1.807, 2.05) is 72.8 Å². The fraction of sp³-hybridized carbons (Fsp3) is 0.208. The number of methoxy groups -OCH3 is 2. The van der Waals surface area contributed by atoms with E-state index in [1.165, 1.54) is 0 Å². The van der Waals surface area contributed by atoms with E-state index in [2.05, 4.69) is 5.32 Å². The van der Waals surface area contributed by atoms with Gasteiger partial charge in [-0.25, -0.2) is 0 Å². The molecule has 0 spiro atoms. The molecule has 148 valence electrons. The standard InChI is InChI=1S/C24H23NO4/c1-27-19-11-7-16(8-12-19)23(17-9-13-20(28-2)14-10-17)25-24(26)22-15-18-5-3-4-6-21(18)29-22/h3-14,22-23H,15H2,1-2H3,(H,25,26). The molecule has 1 heterocycles. The van der Waals surface area contributed by atoms with Crippen LogP contribution in [-0.2, 0) is 11.2 Å². The minimum Gasteiger partial charge on any atom is -0.497 e. The van der Waals surface area contributed by atoms with E-state index in [0.29, 0.717) is 6.42 Å². The molecule has 3 aromatic rings. The van der Waals surface area contributed by atoms with Crippen molar-refractivity contribution in [2.45, 2.75) is 18.6 Å².